The van der Waals surface area contributed by atoms with Crippen molar-refractivity contribution in [1.82, 2.24) is 0 Å². The zero-order chi connectivity index (χ0) is 69.8. The van der Waals surface area contributed by atoms with Crippen molar-refractivity contribution in [3.63, 3.8) is 0 Å². The number of hydrogen-bond acceptors (Lipinski definition) is 15. The Balaban J connectivity index is 5.18. The molecule has 0 aromatic carbocycles. The molecule has 0 saturated carbocycles. The Morgan fingerprint density at radius 3 is 0.747 bits per heavy atom. The summed E-state index contributed by atoms with van der Waals surface area (Å²) in [6.45, 7) is 7.21. The zero-order valence-electron chi connectivity index (χ0n) is 61.8. The molecule has 0 amide bonds. The third kappa shape index (κ3) is 69.0. The first-order valence-electron chi connectivity index (χ1n) is 39.7. The first-order chi connectivity index (χ1) is 46.1. The van der Waals surface area contributed by atoms with Crippen molar-refractivity contribution < 1.29 is 80.2 Å². The summed E-state index contributed by atoms with van der Waals surface area (Å²) in [6, 6.07) is 0. The van der Waals surface area contributed by atoms with Crippen LogP contribution in [0.2, 0.25) is 0 Å². The molecule has 0 aromatic rings. The third-order valence-electron chi connectivity index (χ3n) is 18.1. The van der Waals surface area contributed by atoms with E-state index in [0.717, 1.165) is 102 Å². The lowest BCUT2D eigenvalue weighted by Crippen LogP contribution is -2.30. The van der Waals surface area contributed by atoms with Crippen LogP contribution in [0.1, 0.15) is 401 Å². The molecule has 95 heavy (non-hydrogen) atoms. The minimum absolute atomic E-state index is 0.103. The van der Waals surface area contributed by atoms with Crippen LogP contribution in [0.25, 0.3) is 0 Å². The first kappa shape index (κ1) is 93.1. The van der Waals surface area contributed by atoms with Gasteiger partial charge in [-0.15, -0.1) is 0 Å². The van der Waals surface area contributed by atoms with Crippen LogP contribution < -0.4 is 0 Å². The normalized spacial score (nSPS) is 14.2. The molecule has 0 aliphatic rings. The lowest BCUT2D eigenvalue weighted by molar-refractivity contribution is -0.161. The molecule has 0 fully saturated rings. The number of rotatable bonds is 76. The van der Waals surface area contributed by atoms with Gasteiger partial charge in [0.05, 0.1) is 26.4 Å². The van der Waals surface area contributed by atoms with E-state index in [4.69, 9.17) is 37.0 Å². The van der Waals surface area contributed by atoms with Crippen molar-refractivity contribution >= 4 is 39.5 Å². The summed E-state index contributed by atoms with van der Waals surface area (Å²) in [5, 5.41) is 10.6. The average Bonchev–Trinajstić information content (AvgIpc) is 1.84. The molecule has 0 aromatic heterocycles. The summed E-state index contributed by atoms with van der Waals surface area (Å²) in [5.41, 5.74) is 0. The van der Waals surface area contributed by atoms with Gasteiger partial charge in [0.25, 0.3) is 0 Å². The quantitative estimate of drug-likeness (QED) is 0.0222. The van der Waals surface area contributed by atoms with Crippen molar-refractivity contribution in [3.8, 4) is 0 Å². The molecule has 19 heteroatoms. The minimum Gasteiger partial charge on any atom is -0.462 e. The Kier molecular flexibility index (Phi) is 67.7. The summed E-state index contributed by atoms with van der Waals surface area (Å²) >= 11 is 0. The molecule has 3 N–H and O–H groups in total. The van der Waals surface area contributed by atoms with E-state index in [1.54, 1.807) is 0 Å². The molecule has 17 nitrogen and oxygen atoms in total. The van der Waals surface area contributed by atoms with E-state index in [1.807, 2.05) is 0 Å². The number of aliphatic hydroxyl groups excluding tert-OH is 1. The van der Waals surface area contributed by atoms with Gasteiger partial charge in [0.15, 0.2) is 12.2 Å². The molecule has 0 aliphatic carbocycles. The third-order valence-corrected chi connectivity index (χ3v) is 20.0. The van der Waals surface area contributed by atoms with E-state index in [-0.39, 0.29) is 25.7 Å². The van der Waals surface area contributed by atoms with Crippen LogP contribution in [0, 0.1) is 5.92 Å². The summed E-state index contributed by atoms with van der Waals surface area (Å²) in [5.74, 6) is -1.40. The highest BCUT2D eigenvalue weighted by atomic mass is 31.2. The molecule has 0 spiro atoms. The lowest BCUT2D eigenvalue weighted by Gasteiger charge is -2.21. The number of phosphoric acid groups is 2. The highest BCUT2D eigenvalue weighted by Gasteiger charge is 2.30. The fraction of sp³-hybridized carbons (Fsp3) is 0.947. The predicted octanol–water partition coefficient (Wildman–Crippen LogP) is 22.5. The summed E-state index contributed by atoms with van der Waals surface area (Å²) in [6.07, 6.45) is 58.5. The van der Waals surface area contributed by atoms with Crippen molar-refractivity contribution in [3.05, 3.63) is 0 Å². The van der Waals surface area contributed by atoms with Gasteiger partial charge in [-0.1, -0.05) is 349 Å². The standard InChI is InChI=1S/C76H148O17P2/c1-6-10-13-16-19-22-24-26-28-30-31-32-34-36-38-40-42-45-51-56-61-75(80)92-71(65-87-74(79)60-55-50-44-41-39-37-35-33-29-27-25-23-20-17-14-11-7-2)67-90-94(82,83)88-63-70(77)64-89-95(84,85)91-68-72(66-86-73(78)59-54-49-43-21-18-15-12-8-3)93-76(81)62-57-52-47-46-48-53-58-69(5)9-4/h69-72,77H,6-68H2,1-5H3,(H,82,83)(H,84,85)/t69?,70-,71-,72-/m1/s1. The maximum Gasteiger partial charge on any atom is 0.472 e. The molecule has 564 valence electrons. The second kappa shape index (κ2) is 69.2. The minimum atomic E-state index is -4.96. The Bertz CT molecular complexity index is 1820. The Morgan fingerprint density at radius 2 is 0.505 bits per heavy atom. The Labute approximate surface area is 581 Å². The fourth-order valence-electron chi connectivity index (χ4n) is 11.7. The van der Waals surface area contributed by atoms with Gasteiger partial charge in [-0.3, -0.25) is 37.3 Å². The maximum atomic E-state index is 13.1. The second-order valence-electron chi connectivity index (χ2n) is 27.6. The maximum absolute atomic E-state index is 13.1. The lowest BCUT2D eigenvalue weighted by atomic mass is 10.00. The highest BCUT2D eigenvalue weighted by Crippen LogP contribution is 2.45. The number of ether oxygens (including phenoxy) is 4. The zero-order valence-corrected chi connectivity index (χ0v) is 63.6. The molecule has 0 heterocycles. The number of carbonyl (C=O) groups is 4. The van der Waals surface area contributed by atoms with Gasteiger partial charge >= 0.3 is 39.5 Å². The van der Waals surface area contributed by atoms with Gasteiger partial charge < -0.3 is 33.8 Å². The number of hydrogen-bond donors (Lipinski definition) is 3. The fourth-order valence-corrected chi connectivity index (χ4v) is 13.3. The molecule has 0 radical (unpaired) electrons. The molecular formula is C76H148O17P2. The SMILES string of the molecule is CCCCCCCCCCCCCCCCCCCCCCC(=O)O[C@H](COC(=O)CCCCCCCCCCCCCCCCCCC)COP(=O)(O)OC[C@@H](O)COP(=O)(O)OC[C@@H](COC(=O)CCCCCCCCCC)OC(=O)CCCCCCCCC(C)CC. The van der Waals surface area contributed by atoms with Crippen molar-refractivity contribution in [2.24, 2.45) is 5.92 Å². The summed E-state index contributed by atoms with van der Waals surface area (Å²) in [7, 11) is -9.90. The van der Waals surface area contributed by atoms with Gasteiger partial charge in [0.2, 0.25) is 0 Å². The largest absolute Gasteiger partial charge is 0.472 e. The van der Waals surface area contributed by atoms with Crippen LogP contribution in [0.4, 0.5) is 0 Å². The Hall–Kier alpha value is -1.94. The van der Waals surface area contributed by atoms with Crippen LogP contribution in [0.3, 0.4) is 0 Å². The van der Waals surface area contributed by atoms with Crippen molar-refractivity contribution in [2.45, 2.75) is 419 Å². The van der Waals surface area contributed by atoms with Gasteiger partial charge in [-0.25, -0.2) is 9.13 Å². The van der Waals surface area contributed by atoms with Gasteiger partial charge in [0, 0.05) is 25.7 Å². The molecular weight excluding hydrogens is 1250 g/mol. The number of carbonyl (C=O) groups excluding carboxylic acids is 4. The van der Waals surface area contributed by atoms with Crippen molar-refractivity contribution in [1.29, 1.82) is 0 Å². The van der Waals surface area contributed by atoms with Gasteiger partial charge in [-0.2, -0.15) is 0 Å². The number of aliphatic hydroxyl groups is 1. The van der Waals surface area contributed by atoms with Crippen LogP contribution in [0.15, 0.2) is 0 Å². The van der Waals surface area contributed by atoms with Crippen LogP contribution in [-0.4, -0.2) is 96.7 Å². The topological polar surface area (TPSA) is 237 Å². The van der Waals surface area contributed by atoms with Crippen molar-refractivity contribution in [2.75, 3.05) is 39.6 Å². The first-order valence-corrected chi connectivity index (χ1v) is 42.7. The number of esters is 4. The van der Waals surface area contributed by atoms with Gasteiger partial charge in [-0.05, 0) is 31.6 Å². The van der Waals surface area contributed by atoms with Gasteiger partial charge in [0.1, 0.15) is 19.3 Å². The number of phosphoric ester groups is 2. The van der Waals surface area contributed by atoms with E-state index in [0.29, 0.717) is 25.7 Å². The summed E-state index contributed by atoms with van der Waals surface area (Å²) < 4.78 is 68.4. The van der Waals surface area contributed by atoms with E-state index >= 15 is 0 Å². The van der Waals surface area contributed by atoms with E-state index < -0.39 is 97.5 Å². The van der Waals surface area contributed by atoms with Crippen LogP contribution >= 0.6 is 15.6 Å². The molecule has 0 aliphatic heterocycles. The van der Waals surface area contributed by atoms with Crippen LogP contribution in [-0.2, 0) is 65.4 Å². The molecule has 0 bridgehead atoms. The van der Waals surface area contributed by atoms with Crippen LogP contribution in [0.5, 0.6) is 0 Å². The monoisotopic (exact) mass is 1400 g/mol. The van der Waals surface area contributed by atoms with E-state index in [1.165, 1.54) is 218 Å². The van der Waals surface area contributed by atoms with E-state index in [2.05, 4.69) is 34.6 Å². The van der Waals surface area contributed by atoms with E-state index in [9.17, 15) is 43.2 Å². The molecule has 0 rings (SSSR count). The highest BCUT2D eigenvalue weighted by molar-refractivity contribution is 7.47. The second-order valence-corrected chi connectivity index (χ2v) is 30.5. The number of unbranched alkanes of at least 4 members (excludes halogenated alkanes) is 47. The predicted molar refractivity (Wildman–Crippen MR) is 386 cm³/mol. The molecule has 3 unspecified atom stereocenters. The molecule has 6 atom stereocenters. The summed E-state index contributed by atoms with van der Waals surface area (Å²) in [4.78, 5) is 72.7. The molecule has 0 saturated heterocycles. The smallest absolute Gasteiger partial charge is 0.462 e. The average molecular weight is 1400 g/mol. The Morgan fingerprint density at radius 1 is 0.295 bits per heavy atom.